The molecule has 1 amide bonds. The zero-order valence-electron chi connectivity index (χ0n) is 16.2. The second-order valence-corrected chi connectivity index (χ2v) is 7.50. The lowest BCUT2D eigenvalue weighted by Crippen LogP contribution is -2.44. The number of methoxy groups -OCH3 is 1. The van der Waals surface area contributed by atoms with Gasteiger partial charge in [-0.3, -0.25) is 4.79 Å². The highest BCUT2D eigenvalue weighted by atomic mass is 16.5. The minimum atomic E-state index is -0.435. The molecule has 1 saturated carbocycles. The van der Waals surface area contributed by atoms with Crippen molar-refractivity contribution < 1.29 is 9.53 Å². The van der Waals surface area contributed by atoms with Gasteiger partial charge in [0.15, 0.2) is 0 Å². The summed E-state index contributed by atoms with van der Waals surface area (Å²) in [5, 5.41) is 3.19. The van der Waals surface area contributed by atoms with Crippen molar-refractivity contribution in [2.45, 2.75) is 70.8 Å². The van der Waals surface area contributed by atoms with Crippen molar-refractivity contribution in [3.63, 3.8) is 0 Å². The Morgan fingerprint density at radius 3 is 2.40 bits per heavy atom. The van der Waals surface area contributed by atoms with E-state index in [2.05, 4.69) is 31.3 Å². The van der Waals surface area contributed by atoms with Gasteiger partial charge in [0.25, 0.3) is 0 Å². The van der Waals surface area contributed by atoms with Gasteiger partial charge in [-0.25, -0.2) is 0 Å². The summed E-state index contributed by atoms with van der Waals surface area (Å²) in [5.41, 5.74) is 0.693. The van der Waals surface area contributed by atoms with Crippen molar-refractivity contribution >= 4 is 5.91 Å². The van der Waals surface area contributed by atoms with Crippen molar-refractivity contribution in [3.05, 3.63) is 35.9 Å². The van der Waals surface area contributed by atoms with Gasteiger partial charge >= 0.3 is 0 Å². The summed E-state index contributed by atoms with van der Waals surface area (Å²) in [4.78, 5) is 12.7. The van der Waals surface area contributed by atoms with Crippen LogP contribution < -0.4 is 5.32 Å². The first-order valence-corrected chi connectivity index (χ1v) is 10.0. The van der Waals surface area contributed by atoms with Crippen LogP contribution in [0.15, 0.2) is 30.3 Å². The summed E-state index contributed by atoms with van der Waals surface area (Å²) in [6, 6.07) is 10.2. The van der Waals surface area contributed by atoms with Crippen LogP contribution in [0.3, 0.4) is 0 Å². The Morgan fingerprint density at radius 1 is 1.16 bits per heavy atom. The summed E-state index contributed by atoms with van der Waals surface area (Å²) < 4.78 is 5.86. The van der Waals surface area contributed by atoms with E-state index in [0.717, 1.165) is 30.7 Å². The molecule has 0 spiro atoms. The van der Waals surface area contributed by atoms with E-state index in [1.165, 1.54) is 32.1 Å². The molecule has 3 nitrogen and oxygen atoms in total. The first-order chi connectivity index (χ1) is 12.1. The number of hydrogen-bond acceptors (Lipinski definition) is 2. The lowest BCUT2D eigenvalue weighted by atomic mass is 9.79. The average Bonchev–Trinajstić information content (AvgIpc) is 2.68. The molecule has 1 aromatic rings. The summed E-state index contributed by atoms with van der Waals surface area (Å²) in [7, 11) is 1.74. The highest BCUT2D eigenvalue weighted by Crippen LogP contribution is 2.33. The Bertz CT molecular complexity index is 502. The SMILES string of the molecule is CCCCC1CCC(C(=O)NCC(CC)(OC)c2ccccc2)CC1. The lowest BCUT2D eigenvalue weighted by molar-refractivity contribution is -0.128. The first kappa shape index (κ1) is 20.0. The summed E-state index contributed by atoms with van der Waals surface area (Å²) in [6.07, 6.45) is 9.26. The van der Waals surface area contributed by atoms with E-state index in [4.69, 9.17) is 4.74 Å². The molecule has 1 aliphatic carbocycles. The van der Waals surface area contributed by atoms with Gasteiger partial charge < -0.3 is 10.1 Å². The number of carbonyl (C=O) groups is 1. The van der Waals surface area contributed by atoms with Crippen molar-refractivity contribution in [2.24, 2.45) is 11.8 Å². The number of unbranched alkanes of at least 4 members (excludes halogenated alkanes) is 1. The third kappa shape index (κ3) is 5.31. The Balaban J connectivity index is 1.88. The Kier molecular flexibility index (Phi) is 7.95. The van der Waals surface area contributed by atoms with E-state index in [0.29, 0.717) is 6.54 Å². The molecule has 1 N–H and O–H groups in total. The molecular formula is C22H35NO2. The van der Waals surface area contributed by atoms with Gasteiger partial charge in [-0.15, -0.1) is 0 Å². The van der Waals surface area contributed by atoms with Crippen LogP contribution in [-0.4, -0.2) is 19.6 Å². The molecule has 1 atom stereocenters. The minimum absolute atomic E-state index is 0.181. The van der Waals surface area contributed by atoms with Gasteiger partial charge in [0, 0.05) is 13.0 Å². The molecule has 25 heavy (non-hydrogen) atoms. The number of ether oxygens (including phenoxy) is 1. The predicted octanol–water partition coefficient (Wildman–Crippen LogP) is 5.05. The predicted molar refractivity (Wildman–Crippen MR) is 103 cm³/mol. The van der Waals surface area contributed by atoms with E-state index in [1.807, 2.05) is 18.2 Å². The van der Waals surface area contributed by atoms with Crippen LogP contribution in [0, 0.1) is 11.8 Å². The van der Waals surface area contributed by atoms with E-state index in [-0.39, 0.29) is 11.8 Å². The van der Waals surface area contributed by atoms with E-state index >= 15 is 0 Å². The van der Waals surface area contributed by atoms with Crippen LogP contribution in [0.5, 0.6) is 0 Å². The standard InChI is InChI=1S/C22H35NO2/c1-4-6-10-18-13-15-19(16-14-18)21(24)23-17-22(5-2,25-3)20-11-8-7-9-12-20/h7-9,11-12,18-19H,4-6,10,13-17H2,1-3H3,(H,23,24). The van der Waals surface area contributed by atoms with Crippen molar-refractivity contribution in [1.82, 2.24) is 5.32 Å². The van der Waals surface area contributed by atoms with Crippen molar-refractivity contribution in [3.8, 4) is 0 Å². The molecule has 0 bridgehead atoms. The number of rotatable bonds is 9. The van der Waals surface area contributed by atoms with E-state index in [1.54, 1.807) is 7.11 Å². The zero-order chi connectivity index (χ0) is 18.1. The Hall–Kier alpha value is -1.35. The van der Waals surface area contributed by atoms with Crippen LogP contribution >= 0.6 is 0 Å². The summed E-state index contributed by atoms with van der Waals surface area (Å²) >= 11 is 0. The van der Waals surface area contributed by atoms with Crippen molar-refractivity contribution in [2.75, 3.05) is 13.7 Å². The molecule has 1 unspecified atom stereocenters. The minimum Gasteiger partial charge on any atom is -0.372 e. The molecule has 1 fully saturated rings. The highest BCUT2D eigenvalue weighted by molar-refractivity contribution is 5.78. The van der Waals surface area contributed by atoms with Gasteiger partial charge in [0.2, 0.25) is 5.91 Å². The second-order valence-electron chi connectivity index (χ2n) is 7.50. The summed E-state index contributed by atoms with van der Waals surface area (Å²) in [5.74, 6) is 1.22. The number of hydrogen-bond donors (Lipinski definition) is 1. The third-order valence-electron chi connectivity index (χ3n) is 5.99. The maximum Gasteiger partial charge on any atom is 0.223 e. The molecule has 1 aromatic carbocycles. The molecule has 2 rings (SSSR count). The quantitative estimate of drug-likeness (QED) is 0.680. The van der Waals surface area contributed by atoms with Crippen LogP contribution in [0.2, 0.25) is 0 Å². The Morgan fingerprint density at radius 2 is 1.84 bits per heavy atom. The van der Waals surface area contributed by atoms with Crippen molar-refractivity contribution in [1.29, 1.82) is 0 Å². The highest BCUT2D eigenvalue weighted by Gasteiger charge is 2.32. The molecule has 140 valence electrons. The smallest absolute Gasteiger partial charge is 0.223 e. The van der Waals surface area contributed by atoms with Gasteiger partial charge in [-0.1, -0.05) is 63.4 Å². The van der Waals surface area contributed by atoms with Crippen LogP contribution in [-0.2, 0) is 15.1 Å². The van der Waals surface area contributed by atoms with Gasteiger partial charge in [0.1, 0.15) is 5.60 Å². The lowest BCUT2D eigenvalue weighted by Gasteiger charge is -2.34. The van der Waals surface area contributed by atoms with E-state index < -0.39 is 5.60 Å². The molecule has 0 aromatic heterocycles. The largest absolute Gasteiger partial charge is 0.372 e. The fourth-order valence-corrected chi connectivity index (χ4v) is 4.09. The Labute approximate surface area is 153 Å². The molecule has 3 heteroatoms. The third-order valence-corrected chi connectivity index (χ3v) is 5.99. The number of amides is 1. The normalized spacial score (nSPS) is 23.0. The number of nitrogens with one attached hydrogen (secondary N) is 1. The molecule has 0 aliphatic heterocycles. The van der Waals surface area contributed by atoms with Crippen LogP contribution in [0.1, 0.15) is 70.8 Å². The maximum atomic E-state index is 12.7. The fourth-order valence-electron chi connectivity index (χ4n) is 4.09. The van der Waals surface area contributed by atoms with Gasteiger partial charge in [-0.2, -0.15) is 0 Å². The molecule has 0 saturated heterocycles. The van der Waals surface area contributed by atoms with Crippen LogP contribution in [0.25, 0.3) is 0 Å². The molecular weight excluding hydrogens is 310 g/mol. The number of carbonyl (C=O) groups excluding carboxylic acids is 1. The first-order valence-electron chi connectivity index (χ1n) is 10.0. The van der Waals surface area contributed by atoms with Crippen LogP contribution in [0.4, 0.5) is 0 Å². The molecule has 1 aliphatic rings. The zero-order valence-corrected chi connectivity index (χ0v) is 16.2. The van der Waals surface area contributed by atoms with Gasteiger partial charge in [0.05, 0.1) is 6.54 Å². The summed E-state index contributed by atoms with van der Waals surface area (Å²) in [6.45, 7) is 4.90. The molecule has 0 radical (unpaired) electrons. The monoisotopic (exact) mass is 345 g/mol. The maximum absolute atomic E-state index is 12.7. The topological polar surface area (TPSA) is 38.3 Å². The van der Waals surface area contributed by atoms with E-state index in [9.17, 15) is 4.79 Å². The fraction of sp³-hybridized carbons (Fsp3) is 0.682. The second kappa shape index (κ2) is 9.96. The molecule has 0 heterocycles. The number of benzene rings is 1. The average molecular weight is 346 g/mol. The van der Waals surface area contributed by atoms with Gasteiger partial charge in [-0.05, 0) is 43.6 Å².